The van der Waals surface area contributed by atoms with Crippen LogP contribution in [0.3, 0.4) is 0 Å². The molecule has 6 atom stereocenters. The van der Waals surface area contributed by atoms with Crippen molar-refractivity contribution < 1.29 is 8.85 Å². The van der Waals surface area contributed by atoms with Crippen LogP contribution in [-0.4, -0.2) is 47.2 Å². The van der Waals surface area contributed by atoms with Crippen LogP contribution < -0.4 is 10.6 Å². The second kappa shape index (κ2) is 7.97. The number of hydrogen-bond donors (Lipinski definition) is 2. The summed E-state index contributed by atoms with van der Waals surface area (Å²) >= 11 is 0. The van der Waals surface area contributed by atoms with Crippen LogP contribution in [0.2, 0.25) is 0 Å². The first-order valence-electron chi connectivity index (χ1n) is 10.9. The van der Waals surface area contributed by atoms with Crippen LogP contribution in [0.15, 0.2) is 0 Å². The fourth-order valence-corrected chi connectivity index (χ4v) is 11.4. The molecular formula is C20H38N2O2Si. The summed E-state index contributed by atoms with van der Waals surface area (Å²) in [6.45, 7) is 2.29. The molecule has 6 unspecified atom stereocenters. The van der Waals surface area contributed by atoms with E-state index in [1.54, 1.807) is 0 Å². The van der Waals surface area contributed by atoms with Crippen molar-refractivity contribution in [2.24, 2.45) is 23.7 Å². The molecule has 4 fully saturated rings. The third-order valence-corrected chi connectivity index (χ3v) is 12.3. The summed E-state index contributed by atoms with van der Waals surface area (Å²) in [5.74, 6) is 3.31. The highest BCUT2D eigenvalue weighted by molar-refractivity contribution is 6.71. The van der Waals surface area contributed by atoms with Crippen LogP contribution in [0, 0.1) is 23.7 Å². The lowest BCUT2D eigenvalue weighted by molar-refractivity contribution is 0.0854. The molecule has 0 spiro atoms. The molecule has 0 amide bonds. The van der Waals surface area contributed by atoms with E-state index in [4.69, 9.17) is 8.85 Å². The van der Waals surface area contributed by atoms with Gasteiger partial charge in [-0.25, -0.2) is 0 Å². The Morgan fingerprint density at radius 1 is 0.640 bits per heavy atom. The monoisotopic (exact) mass is 366 g/mol. The summed E-state index contributed by atoms with van der Waals surface area (Å²) < 4.78 is 12.9. The Labute approximate surface area is 155 Å². The summed E-state index contributed by atoms with van der Waals surface area (Å²) in [6, 6.07) is 0. The number of piperidine rings is 2. The molecule has 2 heterocycles. The first kappa shape index (κ1) is 18.4. The van der Waals surface area contributed by atoms with Gasteiger partial charge in [-0.2, -0.15) is 0 Å². The molecular weight excluding hydrogens is 328 g/mol. The van der Waals surface area contributed by atoms with Gasteiger partial charge in [0.05, 0.1) is 11.3 Å². The van der Waals surface area contributed by atoms with Crippen LogP contribution in [0.4, 0.5) is 0 Å². The van der Waals surface area contributed by atoms with Gasteiger partial charge in [-0.15, -0.1) is 0 Å². The van der Waals surface area contributed by atoms with Gasteiger partial charge in [-0.3, -0.25) is 0 Å². The molecule has 2 aliphatic heterocycles. The van der Waals surface area contributed by atoms with Crippen molar-refractivity contribution in [3.63, 3.8) is 0 Å². The van der Waals surface area contributed by atoms with E-state index in [1.807, 2.05) is 14.2 Å². The van der Waals surface area contributed by atoms with Crippen molar-refractivity contribution in [3.8, 4) is 0 Å². The summed E-state index contributed by atoms with van der Waals surface area (Å²) in [5.41, 5.74) is 0.916. The van der Waals surface area contributed by atoms with E-state index in [2.05, 4.69) is 10.6 Å². The average Bonchev–Trinajstić information content (AvgIpc) is 2.69. The highest BCUT2D eigenvalue weighted by Crippen LogP contribution is 2.45. The highest BCUT2D eigenvalue weighted by Gasteiger charge is 2.60. The molecule has 2 saturated carbocycles. The van der Waals surface area contributed by atoms with E-state index in [9.17, 15) is 0 Å². The Kier molecular flexibility index (Phi) is 5.87. The number of nitrogens with one attached hydrogen (secondary N) is 2. The first-order chi connectivity index (χ1) is 12.3. The van der Waals surface area contributed by atoms with Crippen molar-refractivity contribution >= 4 is 8.56 Å². The molecule has 0 radical (unpaired) electrons. The van der Waals surface area contributed by atoms with E-state index in [-0.39, 0.29) is 0 Å². The smallest absolute Gasteiger partial charge is 0.373 e. The zero-order valence-electron chi connectivity index (χ0n) is 16.3. The van der Waals surface area contributed by atoms with Gasteiger partial charge in [0.1, 0.15) is 0 Å². The summed E-state index contributed by atoms with van der Waals surface area (Å²) in [4.78, 5) is 0. The van der Waals surface area contributed by atoms with Crippen molar-refractivity contribution in [2.75, 3.05) is 27.3 Å². The predicted octanol–water partition coefficient (Wildman–Crippen LogP) is 3.14. The molecule has 25 heavy (non-hydrogen) atoms. The molecule has 2 N–H and O–H groups in total. The lowest BCUT2D eigenvalue weighted by atomic mass is 9.75. The standard InChI is InChI=1S/C20H38N2O2Si/c1-23-25(24-2,19-17-9-5-3-7-15(17)11-13-21-19)20-18-10-6-4-8-16(18)12-14-22-20/h15-22H,3-14H2,1-2H3. The largest absolute Gasteiger partial charge is 0.396 e. The quantitative estimate of drug-likeness (QED) is 0.750. The van der Waals surface area contributed by atoms with Gasteiger partial charge < -0.3 is 19.5 Å². The molecule has 4 aliphatic rings. The zero-order chi connectivity index (χ0) is 17.3. The van der Waals surface area contributed by atoms with Gasteiger partial charge in [-0.1, -0.05) is 38.5 Å². The number of rotatable bonds is 4. The maximum absolute atomic E-state index is 6.46. The van der Waals surface area contributed by atoms with Crippen molar-refractivity contribution in [1.82, 2.24) is 10.6 Å². The topological polar surface area (TPSA) is 42.5 Å². The summed E-state index contributed by atoms with van der Waals surface area (Å²) in [5, 5.41) is 7.85. The maximum Gasteiger partial charge on any atom is 0.373 e. The van der Waals surface area contributed by atoms with Gasteiger partial charge >= 0.3 is 8.56 Å². The fourth-order valence-electron chi connectivity index (χ4n) is 6.88. The SMILES string of the molecule is CO[Si](OC)(C1NCCC2CCCCC21)C1NCCC2CCCCC21. The molecule has 4 nitrogen and oxygen atoms in total. The minimum absolute atomic E-state index is 0.458. The van der Waals surface area contributed by atoms with Crippen LogP contribution >= 0.6 is 0 Å². The Bertz CT molecular complexity index is 405. The third-order valence-electron chi connectivity index (χ3n) is 8.06. The predicted molar refractivity (Wildman–Crippen MR) is 103 cm³/mol. The second-order valence-electron chi connectivity index (χ2n) is 8.99. The van der Waals surface area contributed by atoms with Crippen LogP contribution in [0.25, 0.3) is 0 Å². The Hall–Kier alpha value is 0.0569. The third kappa shape index (κ3) is 3.24. The van der Waals surface area contributed by atoms with Gasteiger partial charge in [0.15, 0.2) is 0 Å². The van der Waals surface area contributed by atoms with Gasteiger partial charge in [-0.05, 0) is 62.4 Å². The average molecular weight is 367 g/mol. The van der Waals surface area contributed by atoms with Gasteiger partial charge in [0.25, 0.3) is 0 Å². The number of fused-ring (bicyclic) bond motifs is 2. The van der Waals surface area contributed by atoms with Crippen molar-refractivity contribution in [1.29, 1.82) is 0 Å². The minimum Gasteiger partial charge on any atom is -0.396 e. The van der Waals surface area contributed by atoms with E-state index in [0.29, 0.717) is 11.3 Å². The molecule has 2 aliphatic carbocycles. The van der Waals surface area contributed by atoms with Gasteiger partial charge in [0, 0.05) is 14.2 Å². The van der Waals surface area contributed by atoms with Crippen LogP contribution in [0.1, 0.15) is 64.2 Å². The lowest BCUT2D eigenvalue weighted by Crippen LogP contribution is -2.76. The molecule has 0 bridgehead atoms. The van der Waals surface area contributed by atoms with E-state index in [0.717, 1.165) is 36.8 Å². The summed E-state index contributed by atoms with van der Waals surface area (Å²) in [7, 11) is 1.50. The lowest BCUT2D eigenvalue weighted by Gasteiger charge is -2.54. The van der Waals surface area contributed by atoms with Crippen LogP contribution in [-0.2, 0) is 8.85 Å². The first-order valence-corrected chi connectivity index (χ1v) is 12.8. The molecule has 0 aromatic rings. The highest BCUT2D eigenvalue weighted by atomic mass is 28.4. The fraction of sp³-hybridized carbons (Fsp3) is 1.00. The second-order valence-corrected chi connectivity index (χ2v) is 12.5. The maximum atomic E-state index is 6.46. The molecule has 4 rings (SSSR count). The molecule has 0 aromatic heterocycles. The van der Waals surface area contributed by atoms with Gasteiger partial charge in [0.2, 0.25) is 0 Å². The molecule has 144 valence electrons. The molecule has 0 aromatic carbocycles. The normalized spacial score (nSPS) is 42.5. The van der Waals surface area contributed by atoms with E-state index in [1.165, 1.54) is 64.2 Å². The molecule has 2 saturated heterocycles. The Morgan fingerprint density at radius 3 is 1.52 bits per heavy atom. The van der Waals surface area contributed by atoms with Crippen molar-refractivity contribution in [2.45, 2.75) is 75.5 Å². The zero-order valence-corrected chi connectivity index (χ0v) is 17.3. The number of hydrogen-bond acceptors (Lipinski definition) is 4. The van der Waals surface area contributed by atoms with E-state index < -0.39 is 8.56 Å². The van der Waals surface area contributed by atoms with E-state index >= 15 is 0 Å². The summed E-state index contributed by atoms with van der Waals surface area (Å²) in [6.07, 6.45) is 13.9. The Balaban J connectivity index is 1.63. The Morgan fingerprint density at radius 2 is 1.08 bits per heavy atom. The van der Waals surface area contributed by atoms with Crippen LogP contribution in [0.5, 0.6) is 0 Å². The van der Waals surface area contributed by atoms with Crippen molar-refractivity contribution in [3.05, 3.63) is 0 Å². The molecule has 5 heteroatoms. The minimum atomic E-state index is -2.38.